The molecule has 3 heterocycles. The molecule has 2 aliphatic carbocycles. The quantitative estimate of drug-likeness (QED) is 0.414. The number of benzene rings is 1. The molecule has 8 atom stereocenters. The molecule has 8 heteroatoms. The average molecular weight is 580 g/mol. The standard InChI is InChI=1S/C33H42ClN3O4/c1-19-8-7-11-25(21(19)3)36-31(39)29-33-16-14-26(41-33)27(30(38)35-23-13-12-20(2)24(34)18-23)28(33)32(40)37(29)17-15-22-9-5-4-6-10-22/h9,12-14,16,18-19,21,25-29H,4-8,10-11,15,17H2,1-3H3,(H,35,38)(H,36,39). The fraction of sp³-hybridized carbons (Fsp3) is 0.606. The summed E-state index contributed by atoms with van der Waals surface area (Å²) in [4.78, 5) is 43.9. The van der Waals surface area contributed by atoms with Crippen molar-refractivity contribution in [3.05, 3.63) is 52.6 Å². The number of nitrogens with one attached hydrogen (secondary N) is 2. The molecular formula is C33H42ClN3O4. The highest BCUT2D eigenvalue weighted by atomic mass is 35.5. The number of hydrogen-bond donors (Lipinski definition) is 2. The first kappa shape index (κ1) is 28.5. The van der Waals surface area contributed by atoms with Crippen LogP contribution in [-0.2, 0) is 19.1 Å². The van der Waals surface area contributed by atoms with Gasteiger partial charge in [-0.15, -0.1) is 0 Å². The normalized spacial score (nSPS) is 35.8. The summed E-state index contributed by atoms with van der Waals surface area (Å²) in [6, 6.07) is 4.64. The summed E-state index contributed by atoms with van der Waals surface area (Å²) < 4.78 is 6.53. The molecule has 0 aromatic heterocycles. The molecule has 2 saturated heterocycles. The number of ether oxygens (including phenoxy) is 1. The number of nitrogens with zero attached hydrogens (tertiary/aromatic N) is 1. The van der Waals surface area contributed by atoms with E-state index in [0.717, 1.165) is 44.1 Å². The molecule has 1 aromatic rings. The fourth-order valence-corrected chi connectivity index (χ4v) is 8.03. The molecule has 2 N–H and O–H groups in total. The number of fused-ring (bicyclic) bond motifs is 1. The maximum absolute atomic E-state index is 14.2. The van der Waals surface area contributed by atoms with E-state index in [0.29, 0.717) is 29.1 Å². The first-order valence-corrected chi connectivity index (χ1v) is 15.8. The zero-order chi connectivity index (χ0) is 28.9. The molecule has 3 aliphatic heterocycles. The van der Waals surface area contributed by atoms with Crippen molar-refractivity contribution >= 4 is 35.0 Å². The molecule has 0 radical (unpaired) electrons. The Morgan fingerprint density at radius 3 is 2.73 bits per heavy atom. The van der Waals surface area contributed by atoms with Crippen molar-refractivity contribution in [2.75, 3.05) is 11.9 Å². The van der Waals surface area contributed by atoms with Crippen molar-refractivity contribution in [1.82, 2.24) is 10.2 Å². The maximum atomic E-state index is 14.2. The topological polar surface area (TPSA) is 87.7 Å². The van der Waals surface area contributed by atoms with Crippen LogP contribution in [0.3, 0.4) is 0 Å². The van der Waals surface area contributed by atoms with Gasteiger partial charge in [0.25, 0.3) is 0 Å². The maximum Gasteiger partial charge on any atom is 0.246 e. The Balaban J connectivity index is 1.28. The predicted molar refractivity (Wildman–Crippen MR) is 159 cm³/mol. The number of carbonyl (C=O) groups excluding carboxylic acids is 3. The Hall–Kier alpha value is -2.64. The van der Waals surface area contributed by atoms with Gasteiger partial charge in [0.05, 0.1) is 17.9 Å². The van der Waals surface area contributed by atoms with E-state index in [-0.39, 0.29) is 23.8 Å². The molecule has 3 fully saturated rings. The van der Waals surface area contributed by atoms with Crippen LogP contribution in [0.5, 0.6) is 0 Å². The smallest absolute Gasteiger partial charge is 0.246 e. The lowest BCUT2D eigenvalue weighted by atomic mass is 9.73. The van der Waals surface area contributed by atoms with E-state index in [2.05, 4.69) is 30.6 Å². The molecule has 5 aliphatic rings. The van der Waals surface area contributed by atoms with Gasteiger partial charge in [-0.2, -0.15) is 0 Å². The lowest BCUT2D eigenvalue weighted by molar-refractivity contribution is -0.141. The molecule has 7 nitrogen and oxygen atoms in total. The van der Waals surface area contributed by atoms with Crippen LogP contribution >= 0.6 is 11.6 Å². The van der Waals surface area contributed by atoms with Crippen LogP contribution in [0.1, 0.15) is 70.8 Å². The number of aryl methyl sites for hydroxylation is 1. The van der Waals surface area contributed by atoms with Crippen molar-refractivity contribution in [2.45, 2.75) is 95.9 Å². The Morgan fingerprint density at radius 2 is 1.98 bits per heavy atom. The lowest BCUT2D eigenvalue weighted by Gasteiger charge is -2.38. The van der Waals surface area contributed by atoms with Crippen LogP contribution in [0.15, 0.2) is 42.0 Å². The molecule has 1 spiro atoms. The zero-order valence-electron chi connectivity index (χ0n) is 24.3. The van der Waals surface area contributed by atoms with Gasteiger partial charge in [-0.1, -0.05) is 68.2 Å². The number of anilines is 1. The predicted octanol–water partition coefficient (Wildman–Crippen LogP) is 5.57. The number of halogens is 1. The number of carbonyl (C=O) groups is 3. The van der Waals surface area contributed by atoms with Gasteiger partial charge < -0.3 is 20.3 Å². The molecule has 1 saturated carbocycles. The molecule has 6 rings (SSSR count). The van der Waals surface area contributed by atoms with Gasteiger partial charge in [0.2, 0.25) is 17.7 Å². The minimum atomic E-state index is -1.15. The van der Waals surface area contributed by atoms with Gasteiger partial charge in [0, 0.05) is 23.3 Å². The van der Waals surface area contributed by atoms with Crippen molar-refractivity contribution < 1.29 is 19.1 Å². The highest BCUT2D eigenvalue weighted by Gasteiger charge is 2.72. The van der Waals surface area contributed by atoms with Gasteiger partial charge in [0.1, 0.15) is 11.6 Å². The van der Waals surface area contributed by atoms with Crippen LogP contribution < -0.4 is 10.6 Å². The van der Waals surface area contributed by atoms with Crippen LogP contribution in [0, 0.1) is 30.6 Å². The Morgan fingerprint density at radius 1 is 1.15 bits per heavy atom. The van der Waals surface area contributed by atoms with Gasteiger partial charge in [-0.05, 0) is 75.0 Å². The molecule has 3 amide bonds. The number of likely N-dealkylation sites (tertiary alicyclic amines) is 1. The highest BCUT2D eigenvalue weighted by molar-refractivity contribution is 6.31. The zero-order valence-corrected chi connectivity index (χ0v) is 25.1. The van der Waals surface area contributed by atoms with E-state index >= 15 is 0 Å². The van der Waals surface area contributed by atoms with E-state index in [1.54, 1.807) is 11.0 Å². The largest absolute Gasteiger partial charge is 0.359 e. The number of amides is 3. The summed E-state index contributed by atoms with van der Waals surface area (Å²) in [7, 11) is 0. The first-order valence-electron chi connectivity index (χ1n) is 15.4. The third-order valence-electron chi connectivity index (χ3n) is 10.5. The van der Waals surface area contributed by atoms with Gasteiger partial charge in [0.15, 0.2) is 0 Å². The average Bonchev–Trinajstić information content (AvgIpc) is 3.60. The Bertz CT molecular complexity index is 1290. The van der Waals surface area contributed by atoms with Gasteiger partial charge in [-0.25, -0.2) is 0 Å². The van der Waals surface area contributed by atoms with E-state index in [4.69, 9.17) is 16.3 Å². The Labute approximate surface area is 248 Å². The van der Waals surface area contributed by atoms with Crippen molar-refractivity contribution in [1.29, 1.82) is 0 Å². The second-order valence-corrected chi connectivity index (χ2v) is 13.3. The minimum Gasteiger partial charge on any atom is -0.359 e. The number of hydrogen-bond acceptors (Lipinski definition) is 4. The van der Waals surface area contributed by atoms with Crippen LogP contribution in [0.2, 0.25) is 5.02 Å². The molecule has 220 valence electrons. The summed E-state index contributed by atoms with van der Waals surface area (Å²) in [5.41, 5.74) is 1.69. The summed E-state index contributed by atoms with van der Waals surface area (Å²) >= 11 is 6.31. The van der Waals surface area contributed by atoms with Crippen molar-refractivity contribution in [2.24, 2.45) is 23.7 Å². The summed E-state index contributed by atoms with van der Waals surface area (Å²) in [5.74, 6) is -1.21. The second-order valence-electron chi connectivity index (χ2n) is 12.9. The SMILES string of the molecule is Cc1ccc(NC(=O)C2C3C=CC4(O3)C2C(=O)N(CCC2=CCCCC2)C4C(=O)NC2CCCC(C)C2C)cc1Cl. The summed E-state index contributed by atoms with van der Waals surface area (Å²) in [6.45, 7) is 6.80. The molecule has 1 aromatic carbocycles. The third-order valence-corrected chi connectivity index (χ3v) is 10.9. The number of rotatable bonds is 7. The monoisotopic (exact) mass is 579 g/mol. The van der Waals surface area contributed by atoms with Gasteiger partial charge in [-0.3, -0.25) is 14.4 Å². The van der Waals surface area contributed by atoms with E-state index in [1.807, 2.05) is 31.2 Å². The van der Waals surface area contributed by atoms with Crippen molar-refractivity contribution in [3.8, 4) is 0 Å². The summed E-state index contributed by atoms with van der Waals surface area (Å²) in [5, 5.41) is 6.87. The van der Waals surface area contributed by atoms with E-state index in [9.17, 15) is 14.4 Å². The highest BCUT2D eigenvalue weighted by Crippen LogP contribution is 2.55. The van der Waals surface area contributed by atoms with Gasteiger partial charge >= 0.3 is 0 Å². The Kier molecular flexibility index (Phi) is 7.79. The second kappa shape index (κ2) is 11.2. The molecule has 41 heavy (non-hydrogen) atoms. The summed E-state index contributed by atoms with van der Waals surface area (Å²) in [6.07, 6.45) is 13.9. The van der Waals surface area contributed by atoms with E-state index < -0.39 is 29.6 Å². The number of allylic oxidation sites excluding steroid dienone is 1. The first-order chi connectivity index (χ1) is 19.7. The van der Waals surface area contributed by atoms with E-state index in [1.165, 1.54) is 18.4 Å². The van der Waals surface area contributed by atoms with Crippen molar-refractivity contribution in [3.63, 3.8) is 0 Å². The molecular weight excluding hydrogens is 538 g/mol. The molecule has 2 bridgehead atoms. The lowest BCUT2D eigenvalue weighted by Crippen LogP contribution is -2.58. The van der Waals surface area contributed by atoms with Crippen LogP contribution in [0.4, 0.5) is 5.69 Å². The van der Waals surface area contributed by atoms with Crippen LogP contribution in [0.25, 0.3) is 0 Å². The third kappa shape index (κ3) is 5.03. The van der Waals surface area contributed by atoms with Crippen LogP contribution in [-0.4, -0.2) is 53.0 Å². The molecule has 8 unspecified atom stereocenters. The fourth-order valence-electron chi connectivity index (χ4n) is 7.85. The minimum absolute atomic E-state index is 0.0627.